The number of rotatable bonds is 3. The molecule has 0 fully saturated rings. The van der Waals surface area contributed by atoms with Gasteiger partial charge in [0.05, 0.1) is 17.5 Å². The number of aliphatic carboxylic acids is 1. The highest BCUT2D eigenvalue weighted by atomic mass is 79.9. The number of amides is 1. The smallest absolute Gasteiger partial charge is 0.307 e. The average molecular weight is 403 g/mol. The summed E-state index contributed by atoms with van der Waals surface area (Å²) in [6, 6.07) is 5.40. The highest BCUT2D eigenvalue weighted by Crippen LogP contribution is 2.30. The monoisotopic (exact) mass is 401 g/mol. The Balaban J connectivity index is 2.14. The van der Waals surface area contributed by atoms with Gasteiger partial charge in [-0.3, -0.25) is 9.59 Å². The van der Waals surface area contributed by atoms with Crippen LogP contribution in [0.1, 0.15) is 12.8 Å². The molecule has 0 unspecified atom stereocenters. The SMILES string of the molecule is O=C(Nc1ccc(Br)cc1Br)[C@H]1CC=CC[C@H]1C(=O)O. The zero-order valence-corrected chi connectivity index (χ0v) is 13.6. The maximum absolute atomic E-state index is 12.3. The fourth-order valence-electron chi connectivity index (χ4n) is 2.19. The lowest BCUT2D eigenvalue weighted by atomic mass is 9.82. The van der Waals surface area contributed by atoms with Gasteiger partial charge in [0.2, 0.25) is 5.91 Å². The Labute approximate surface area is 133 Å². The first kappa shape index (κ1) is 15.3. The van der Waals surface area contributed by atoms with Crippen LogP contribution in [-0.4, -0.2) is 17.0 Å². The second-order valence-corrected chi connectivity index (χ2v) is 6.38. The van der Waals surface area contributed by atoms with E-state index in [9.17, 15) is 14.7 Å². The van der Waals surface area contributed by atoms with Crippen molar-refractivity contribution in [3.63, 3.8) is 0 Å². The highest BCUT2D eigenvalue weighted by molar-refractivity contribution is 9.11. The number of hydrogen-bond donors (Lipinski definition) is 2. The molecule has 106 valence electrons. The zero-order valence-electron chi connectivity index (χ0n) is 10.5. The minimum Gasteiger partial charge on any atom is -0.481 e. The van der Waals surface area contributed by atoms with E-state index < -0.39 is 17.8 Å². The van der Waals surface area contributed by atoms with E-state index in [2.05, 4.69) is 37.2 Å². The van der Waals surface area contributed by atoms with E-state index in [0.717, 1.165) is 8.95 Å². The fraction of sp³-hybridized carbons (Fsp3) is 0.286. The molecule has 0 aliphatic heterocycles. The lowest BCUT2D eigenvalue weighted by Crippen LogP contribution is -2.34. The molecule has 2 atom stereocenters. The molecule has 0 radical (unpaired) electrons. The van der Waals surface area contributed by atoms with Crippen LogP contribution in [0.15, 0.2) is 39.3 Å². The summed E-state index contributed by atoms with van der Waals surface area (Å²) in [7, 11) is 0. The summed E-state index contributed by atoms with van der Waals surface area (Å²) < 4.78 is 1.64. The predicted octanol–water partition coefficient (Wildman–Crippen LogP) is 3.82. The van der Waals surface area contributed by atoms with E-state index in [-0.39, 0.29) is 5.91 Å². The molecule has 6 heteroatoms. The summed E-state index contributed by atoms with van der Waals surface area (Å²) in [6.07, 6.45) is 4.53. The third kappa shape index (κ3) is 3.49. The van der Waals surface area contributed by atoms with Gasteiger partial charge in [0.1, 0.15) is 0 Å². The van der Waals surface area contributed by atoms with Crippen molar-refractivity contribution in [2.24, 2.45) is 11.8 Å². The second-order valence-electron chi connectivity index (χ2n) is 4.61. The number of carbonyl (C=O) groups is 2. The van der Waals surface area contributed by atoms with Crippen LogP contribution in [-0.2, 0) is 9.59 Å². The van der Waals surface area contributed by atoms with Gasteiger partial charge in [-0.05, 0) is 47.0 Å². The van der Waals surface area contributed by atoms with E-state index in [4.69, 9.17) is 0 Å². The normalized spacial score (nSPS) is 21.5. The lowest BCUT2D eigenvalue weighted by Gasteiger charge is -2.24. The first-order valence-corrected chi connectivity index (χ1v) is 7.71. The van der Waals surface area contributed by atoms with E-state index in [0.29, 0.717) is 18.5 Å². The number of allylic oxidation sites excluding steroid dienone is 2. The van der Waals surface area contributed by atoms with Gasteiger partial charge in [0, 0.05) is 8.95 Å². The molecule has 0 saturated carbocycles. The molecule has 20 heavy (non-hydrogen) atoms. The molecular weight excluding hydrogens is 390 g/mol. The number of carboxylic acids is 1. The van der Waals surface area contributed by atoms with Gasteiger partial charge in [-0.15, -0.1) is 0 Å². The summed E-state index contributed by atoms with van der Waals surface area (Å²) in [6.45, 7) is 0. The molecule has 2 N–H and O–H groups in total. The second kappa shape index (κ2) is 6.54. The van der Waals surface area contributed by atoms with E-state index in [1.165, 1.54) is 0 Å². The molecule has 4 nitrogen and oxygen atoms in total. The van der Waals surface area contributed by atoms with Gasteiger partial charge >= 0.3 is 5.97 Å². The van der Waals surface area contributed by atoms with Crippen LogP contribution in [0.3, 0.4) is 0 Å². The lowest BCUT2D eigenvalue weighted by molar-refractivity contribution is -0.146. The summed E-state index contributed by atoms with van der Waals surface area (Å²) in [5.74, 6) is -2.38. The molecule has 1 aliphatic carbocycles. The van der Waals surface area contributed by atoms with E-state index >= 15 is 0 Å². The Morgan fingerprint density at radius 3 is 2.40 bits per heavy atom. The fourth-order valence-corrected chi connectivity index (χ4v) is 3.34. The Kier molecular flexibility index (Phi) is 4.99. The predicted molar refractivity (Wildman–Crippen MR) is 83.5 cm³/mol. The quantitative estimate of drug-likeness (QED) is 0.755. The standard InChI is InChI=1S/C14H13Br2NO3/c15-8-5-6-12(11(16)7-8)17-13(18)9-3-1-2-4-10(9)14(19)20/h1-2,5-7,9-10H,3-4H2,(H,17,18)(H,19,20)/t9-,10+/m0/s1. The Morgan fingerprint density at radius 1 is 1.15 bits per heavy atom. The van der Waals surface area contributed by atoms with Gasteiger partial charge in [-0.2, -0.15) is 0 Å². The number of carbonyl (C=O) groups excluding carboxylic acids is 1. The molecule has 1 aliphatic rings. The molecule has 1 aromatic rings. The highest BCUT2D eigenvalue weighted by Gasteiger charge is 2.34. The van der Waals surface area contributed by atoms with Crippen LogP contribution in [0.4, 0.5) is 5.69 Å². The van der Waals surface area contributed by atoms with Crippen molar-refractivity contribution < 1.29 is 14.7 Å². The average Bonchev–Trinajstić information content (AvgIpc) is 2.41. The maximum atomic E-state index is 12.3. The van der Waals surface area contributed by atoms with Crippen LogP contribution in [0, 0.1) is 11.8 Å². The molecular formula is C14H13Br2NO3. The van der Waals surface area contributed by atoms with Crippen LogP contribution in [0.25, 0.3) is 0 Å². The Bertz CT molecular complexity index is 572. The molecule has 0 heterocycles. The third-order valence-electron chi connectivity index (χ3n) is 3.28. The molecule has 0 saturated heterocycles. The first-order chi connectivity index (χ1) is 9.49. The number of hydrogen-bond acceptors (Lipinski definition) is 2. The topological polar surface area (TPSA) is 66.4 Å². The molecule has 1 aromatic carbocycles. The number of benzene rings is 1. The number of anilines is 1. The van der Waals surface area contributed by atoms with Gasteiger partial charge in [-0.25, -0.2) is 0 Å². The van der Waals surface area contributed by atoms with Crippen LogP contribution in [0.5, 0.6) is 0 Å². The van der Waals surface area contributed by atoms with Gasteiger partial charge in [-0.1, -0.05) is 28.1 Å². The summed E-state index contributed by atoms with van der Waals surface area (Å²) in [5, 5.41) is 12.0. The van der Waals surface area contributed by atoms with Gasteiger partial charge in [0.25, 0.3) is 0 Å². The summed E-state index contributed by atoms with van der Waals surface area (Å²) >= 11 is 6.71. The first-order valence-electron chi connectivity index (χ1n) is 6.12. The third-order valence-corrected chi connectivity index (χ3v) is 4.42. The van der Waals surface area contributed by atoms with Crippen LogP contribution < -0.4 is 5.32 Å². The Hall–Kier alpha value is -1.14. The van der Waals surface area contributed by atoms with Crippen molar-refractivity contribution in [1.29, 1.82) is 0 Å². The number of halogens is 2. The van der Waals surface area contributed by atoms with Crippen molar-refractivity contribution >= 4 is 49.4 Å². The van der Waals surface area contributed by atoms with Crippen molar-refractivity contribution in [3.8, 4) is 0 Å². The van der Waals surface area contributed by atoms with Crippen LogP contribution >= 0.6 is 31.9 Å². The number of nitrogens with one attached hydrogen (secondary N) is 1. The minimum absolute atomic E-state index is 0.259. The molecule has 0 spiro atoms. The van der Waals surface area contributed by atoms with Gasteiger partial charge < -0.3 is 10.4 Å². The molecule has 0 aromatic heterocycles. The van der Waals surface area contributed by atoms with Crippen molar-refractivity contribution in [2.45, 2.75) is 12.8 Å². The largest absolute Gasteiger partial charge is 0.481 e. The van der Waals surface area contributed by atoms with Crippen molar-refractivity contribution in [3.05, 3.63) is 39.3 Å². The summed E-state index contributed by atoms with van der Waals surface area (Å²) in [5.41, 5.74) is 0.636. The molecule has 2 rings (SSSR count). The summed E-state index contributed by atoms with van der Waals surface area (Å²) in [4.78, 5) is 23.5. The molecule has 0 bridgehead atoms. The minimum atomic E-state index is -0.927. The van der Waals surface area contributed by atoms with E-state index in [1.807, 2.05) is 24.3 Å². The van der Waals surface area contributed by atoms with Gasteiger partial charge in [0.15, 0.2) is 0 Å². The van der Waals surface area contributed by atoms with Crippen molar-refractivity contribution in [2.75, 3.05) is 5.32 Å². The molecule has 1 amide bonds. The van der Waals surface area contributed by atoms with Crippen LogP contribution in [0.2, 0.25) is 0 Å². The zero-order chi connectivity index (χ0) is 14.7. The Morgan fingerprint density at radius 2 is 1.80 bits per heavy atom. The van der Waals surface area contributed by atoms with E-state index in [1.54, 1.807) is 6.07 Å². The maximum Gasteiger partial charge on any atom is 0.307 e. The van der Waals surface area contributed by atoms with Crippen molar-refractivity contribution in [1.82, 2.24) is 0 Å². The number of carboxylic acid groups (broad SMARTS) is 1.